The van der Waals surface area contributed by atoms with Crippen LogP contribution in [0.4, 0.5) is 10.1 Å². The lowest BCUT2D eigenvalue weighted by Crippen LogP contribution is -2.47. The number of carbonyl (C=O) groups excluding carboxylic acids is 1. The Hall–Kier alpha value is -4.01. The lowest BCUT2D eigenvalue weighted by Gasteiger charge is -2.36. The Morgan fingerprint density at radius 3 is 2.39 bits per heavy atom. The molecule has 11 heteroatoms. The topological polar surface area (TPSA) is 105 Å². The van der Waals surface area contributed by atoms with E-state index in [4.69, 9.17) is 19.9 Å². The summed E-state index contributed by atoms with van der Waals surface area (Å²) in [7, 11) is 0. The number of hydrogen-bond acceptors (Lipinski definition) is 9. The molecule has 2 aliphatic heterocycles. The van der Waals surface area contributed by atoms with Gasteiger partial charge in [-0.3, -0.25) is 14.7 Å². The number of ether oxygens (including phenoxy) is 3. The smallest absolute Gasteiger partial charge is 0.251 e. The van der Waals surface area contributed by atoms with E-state index in [9.17, 15) is 9.18 Å². The number of hydrogen-bond donors (Lipinski definition) is 2. The molecule has 1 fully saturated rings. The first-order valence-corrected chi connectivity index (χ1v) is 17.2. The molecule has 3 N–H and O–H groups in total. The van der Waals surface area contributed by atoms with E-state index in [-0.39, 0.29) is 11.7 Å². The van der Waals surface area contributed by atoms with Crippen LogP contribution in [0.3, 0.4) is 0 Å². The molecule has 0 aliphatic carbocycles. The summed E-state index contributed by atoms with van der Waals surface area (Å²) < 4.78 is 30.1. The highest BCUT2D eigenvalue weighted by molar-refractivity contribution is 5.95. The van der Waals surface area contributed by atoms with Gasteiger partial charge in [0, 0.05) is 75.6 Å². The van der Waals surface area contributed by atoms with Crippen molar-refractivity contribution in [2.24, 2.45) is 10.7 Å². The number of piperazine rings is 1. The van der Waals surface area contributed by atoms with Crippen LogP contribution in [0.15, 0.2) is 64.8 Å². The van der Waals surface area contributed by atoms with Gasteiger partial charge in [-0.05, 0) is 74.4 Å². The van der Waals surface area contributed by atoms with Crippen LogP contribution in [0.5, 0.6) is 0 Å². The van der Waals surface area contributed by atoms with E-state index in [1.807, 2.05) is 38.1 Å². The number of benzene rings is 2. The summed E-state index contributed by atoms with van der Waals surface area (Å²) in [6.07, 6.45) is 2.83. The number of amidine groups is 1. The number of halogens is 1. The lowest BCUT2D eigenvalue weighted by molar-refractivity contribution is 0.0116. The minimum absolute atomic E-state index is 0.136. The fourth-order valence-electron chi connectivity index (χ4n) is 5.42. The molecule has 1 saturated heterocycles. The van der Waals surface area contributed by atoms with E-state index in [2.05, 4.69) is 42.6 Å². The van der Waals surface area contributed by atoms with Gasteiger partial charge in [-0.2, -0.15) is 0 Å². The summed E-state index contributed by atoms with van der Waals surface area (Å²) in [6.45, 7) is 15.0. The van der Waals surface area contributed by atoms with Gasteiger partial charge >= 0.3 is 0 Å². The molecule has 2 aromatic carbocycles. The summed E-state index contributed by atoms with van der Waals surface area (Å²) in [6, 6.07) is 11.9. The van der Waals surface area contributed by atoms with Gasteiger partial charge in [0.2, 0.25) is 0 Å². The van der Waals surface area contributed by atoms with Crippen molar-refractivity contribution in [1.82, 2.24) is 15.1 Å². The maximum atomic E-state index is 13.5. The van der Waals surface area contributed by atoms with Crippen molar-refractivity contribution in [3.8, 4) is 11.8 Å². The minimum atomic E-state index is -0.303. The van der Waals surface area contributed by atoms with Crippen molar-refractivity contribution in [2.75, 3.05) is 110 Å². The van der Waals surface area contributed by atoms with Gasteiger partial charge < -0.3 is 35.1 Å². The average Bonchev–Trinajstić information content (AvgIpc) is 3.11. The molecule has 4 rings (SSSR count). The molecule has 10 nitrogen and oxygen atoms in total. The van der Waals surface area contributed by atoms with E-state index in [0.717, 1.165) is 74.9 Å². The lowest BCUT2D eigenvalue weighted by atomic mass is 10.1. The van der Waals surface area contributed by atoms with Gasteiger partial charge in [0.15, 0.2) is 0 Å². The van der Waals surface area contributed by atoms with E-state index in [0.29, 0.717) is 70.4 Å². The van der Waals surface area contributed by atoms with Crippen LogP contribution in [0, 0.1) is 17.7 Å². The zero-order valence-electron chi connectivity index (χ0n) is 29.0. The second kappa shape index (κ2) is 21.2. The van der Waals surface area contributed by atoms with Crippen LogP contribution in [0.2, 0.25) is 0 Å². The highest BCUT2D eigenvalue weighted by Gasteiger charge is 2.20. The molecule has 0 saturated carbocycles. The third-order valence-corrected chi connectivity index (χ3v) is 8.27. The first kappa shape index (κ1) is 37.8. The molecule has 2 aromatic rings. The largest absolute Gasteiger partial charge is 0.378 e. The number of anilines is 1. The van der Waals surface area contributed by atoms with Crippen molar-refractivity contribution in [1.29, 1.82) is 0 Å². The van der Waals surface area contributed by atoms with Crippen LogP contribution in [0.1, 0.15) is 41.8 Å². The Morgan fingerprint density at radius 1 is 0.939 bits per heavy atom. The molecule has 264 valence electrons. The molecule has 1 amide bonds. The van der Waals surface area contributed by atoms with E-state index in [1.54, 1.807) is 12.1 Å². The maximum Gasteiger partial charge on any atom is 0.251 e. The molecule has 0 unspecified atom stereocenters. The average molecular weight is 675 g/mol. The summed E-state index contributed by atoms with van der Waals surface area (Å²) in [5.41, 5.74) is 12.8. The van der Waals surface area contributed by atoms with Crippen LogP contribution in [0.25, 0.3) is 0 Å². The second-order valence-electron chi connectivity index (χ2n) is 12.0. The standard InChI is InChI=1S/C38H51FN6O4/c1-31-5-3-16-44(32(2)42-30-31)17-4-15-41-38(46)35-10-13-37(34(29-35)9-6-33-7-11-36(39)12-8-33)45-20-18-43(19-21-45)22-24-48-26-28-49-27-25-47-23-14-40/h3,7-8,10-13,29H,4,14-28,30,40H2,1-2H3,(H,41,46)/b42-32-. The first-order chi connectivity index (χ1) is 23.9. The van der Waals surface area contributed by atoms with Crippen LogP contribution in [-0.4, -0.2) is 127 Å². The summed E-state index contributed by atoms with van der Waals surface area (Å²) in [5.74, 6) is 6.99. The SMILES string of the molecule is CC1=C=CCN(CCCNC(=O)c2ccc(N3CCN(CCOCCOCCOCCN)CC3)c(C#Cc3ccc(F)cc3)c2)/C(C)=N\C1. The monoisotopic (exact) mass is 674 g/mol. The van der Waals surface area contributed by atoms with Crippen molar-refractivity contribution in [3.05, 3.63) is 82.4 Å². The van der Waals surface area contributed by atoms with Gasteiger partial charge in [0.1, 0.15) is 5.82 Å². The Bertz CT molecular complexity index is 1490. The number of carbonyl (C=O) groups is 1. The number of amides is 1. The Kier molecular flexibility index (Phi) is 16.3. The number of nitrogens with two attached hydrogens (primary N) is 1. The molecule has 0 radical (unpaired) electrons. The molecule has 0 atom stereocenters. The second-order valence-corrected chi connectivity index (χ2v) is 12.0. The molecule has 0 spiro atoms. The third kappa shape index (κ3) is 13.4. The highest BCUT2D eigenvalue weighted by atomic mass is 19.1. The van der Waals surface area contributed by atoms with Crippen molar-refractivity contribution >= 4 is 17.4 Å². The number of aliphatic imine (C=N–C) groups is 1. The summed E-state index contributed by atoms with van der Waals surface area (Å²) >= 11 is 0. The van der Waals surface area contributed by atoms with Crippen molar-refractivity contribution in [3.63, 3.8) is 0 Å². The first-order valence-electron chi connectivity index (χ1n) is 17.2. The summed E-state index contributed by atoms with van der Waals surface area (Å²) in [5, 5.41) is 3.07. The summed E-state index contributed by atoms with van der Waals surface area (Å²) in [4.78, 5) is 24.8. The van der Waals surface area contributed by atoms with Gasteiger partial charge in [-0.25, -0.2) is 4.39 Å². The molecular weight excluding hydrogens is 623 g/mol. The molecular formula is C38H51FN6O4. The predicted octanol–water partition coefficient (Wildman–Crippen LogP) is 3.31. The quantitative estimate of drug-likeness (QED) is 0.150. The zero-order valence-corrected chi connectivity index (χ0v) is 29.0. The van der Waals surface area contributed by atoms with E-state index < -0.39 is 0 Å². The van der Waals surface area contributed by atoms with Crippen LogP contribution < -0.4 is 16.0 Å². The highest BCUT2D eigenvalue weighted by Crippen LogP contribution is 2.23. The Balaban J connectivity index is 1.29. The van der Waals surface area contributed by atoms with Gasteiger partial charge in [-0.15, -0.1) is 5.73 Å². The molecule has 49 heavy (non-hydrogen) atoms. The maximum absolute atomic E-state index is 13.5. The van der Waals surface area contributed by atoms with Crippen LogP contribution >= 0.6 is 0 Å². The van der Waals surface area contributed by atoms with Gasteiger partial charge in [0.25, 0.3) is 5.91 Å². The minimum Gasteiger partial charge on any atom is -0.378 e. The predicted molar refractivity (Wildman–Crippen MR) is 193 cm³/mol. The zero-order chi connectivity index (χ0) is 34.7. The number of nitrogens with zero attached hydrogens (tertiary/aromatic N) is 4. The van der Waals surface area contributed by atoms with Crippen molar-refractivity contribution < 1.29 is 23.4 Å². The normalized spacial score (nSPS) is 16.2. The Labute approximate surface area is 290 Å². The Morgan fingerprint density at radius 2 is 1.65 bits per heavy atom. The van der Waals surface area contributed by atoms with Gasteiger partial charge in [0.05, 0.1) is 57.7 Å². The van der Waals surface area contributed by atoms with Gasteiger partial charge in [-0.1, -0.05) is 11.8 Å². The fourth-order valence-corrected chi connectivity index (χ4v) is 5.42. The molecule has 0 bridgehead atoms. The van der Waals surface area contributed by atoms with Crippen LogP contribution in [-0.2, 0) is 14.2 Å². The van der Waals surface area contributed by atoms with E-state index >= 15 is 0 Å². The third-order valence-electron chi connectivity index (χ3n) is 8.27. The molecule has 0 aromatic heterocycles. The number of rotatable bonds is 17. The molecule has 2 aliphatic rings. The van der Waals surface area contributed by atoms with Crippen molar-refractivity contribution in [2.45, 2.75) is 20.3 Å². The molecule has 2 heterocycles. The fraction of sp³-hybridized carbons (Fsp3) is 0.500. The van der Waals surface area contributed by atoms with E-state index in [1.165, 1.54) is 12.1 Å². The number of nitrogens with one attached hydrogen (secondary N) is 1.